The van der Waals surface area contributed by atoms with Crippen LogP contribution in [0, 0.1) is 5.82 Å². The Morgan fingerprint density at radius 2 is 2.19 bits per heavy atom. The number of para-hydroxylation sites is 1. The van der Waals surface area contributed by atoms with Crippen LogP contribution in [0.2, 0.25) is 0 Å². The molecule has 0 radical (unpaired) electrons. The lowest BCUT2D eigenvalue weighted by molar-refractivity contribution is 0.541. The molecule has 1 aliphatic heterocycles. The second-order valence-electron chi connectivity index (χ2n) is 5.48. The average molecular weight is 285 g/mol. The van der Waals surface area contributed by atoms with E-state index in [1.165, 1.54) is 17.4 Å². The molecular weight excluding hydrogens is 265 g/mol. The number of nitrogens with one attached hydrogen (secondary N) is 1. The fourth-order valence-corrected chi connectivity index (χ4v) is 3.06. The normalized spacial score (nSPS) is 18.2. The highest BCUT2D eigenvalue weighted by Gasteiger charge is 2.21. The van der Waals surface area contributed by atoms with E-state index in [4.69, 9.17) is 0 Å². The molecule has 1 atom stereocenters. The van der Waals surface area contributed by atoms with E-state index in [1.54, 1.807) is 12.3 Å². The summed E-state index contributed by atoms with van der Waals surface area (Å²) in [5.41, 5.74) is 3.47. The van der Waals surface area contributed by atoms with Crippen LogP contribution in [0.1, 0.15) is 30.0 Å². The van der Waals surface area contributed by atoms with E-state index < -0.39 is 0 Å². The van der Waals surface area contributed by atoms with Gasteiger partial charge in [-0.1, -0.05) is 18.2 Å². The molecule has 0 aliphatic carbocycles. The van der Waals surface area contributed by atoms with E-state index in [9.17, 15) is 4.39 Å². The van der Waals surface area contributed by atoms with Gasteiger partial charge in [-0.3, -0.25) is 4.98 Å². The van der Waals surface area contributed by atoms with Crippen LogP contribution >= 0.6 is 0 Å². The largest absolute Gasteiger partial charge is 0.367 e. The summed E-state index contributed by atoms with van der Waals surface area (Å²) in [6.45, 7) is 1.67. The molecule has 110 valence electrons. The molecule has 1 N–H and O–H groups in total. The van der Waals surface area contributed by atoms with Crippen LogP contribution in [-0.4, -0.2) is 18.6 Å². The molecule has 0 saturated heterocycles. The molecule has 0 amide bonds. The molecule has 3 rings (SSSR count). The van der Waals surface area contributed by atoms with Gasteiger partial charge in [0.05, 0.1) is 6.20 Å². The monoisotopic (exact) mass is 285 g/mol. The van der Waals surface area contributed by atoms with Crippen LogP contribution in [0.15, 0.2) is 42.7 Å². The SMILES string of the molecule is CNC1CCCN(Cc2cncc(F)c2)c2ccccc21. The van der Waals surface area contributed by atoms with E-state index in [0.29, 0.717) is 12.6 Å². The number of rotatable bonds is 3. The minimum absolute atomic E-state index is 0.274. The number of anilines is 1. The summed E-state index contributed by atoms with van der Waals surface area (Å²) >= 11 is 0. The lowest BCUT2D eigenvalue weighted by atomic mass is 10.0. The van der Waals surface area contributed by atoms with Crippen molar-refractivity contribution < 1.29 is 4.39 Å². The minimum atomic E-state index is -0.274. The van der Waals surface area contributed by atoms with Crippen molar-refractivity contribution in [3.63, 3.8) is 0 Å². The van der Waals surface area contributed by atoms with Crippen molar-refractivity contribution >= 4 is 5.69 Å². The van der Waals surface area contributed by atoms with Crippen LogP contribution in [-0.2, 0) is 6.54 Å². The van der Waals surface area contributed by atoms with Crippen LogP contribution in [0.3, 0.4) is 0 Å². The Morgan fingerprint density at radius 3 is 3.00 bits per heavy atom. The number of hydrogen-bond acceptors (Lipinski definition) is 3. The number of benzene rings is 1. The van der Waals surface area contributed by atoms with Gasteiger partial charge in [-0.05, 0) is 43.1 Å². The first kappa shape index (κ1) is 14.0. The van der Waals surface area contributed by atoms with E-state index in [2.05, 4.69) is 39.5 Å². The molecule has 21 heavy (non-hydrogen) atoms. The molecule has 2 heterocycles. The van der Waals surface area contributed by atoms with Gasteiger partial charge in [0.15, 0.2) is 0 Å². The van der Waals surface area contributed by atoms with Crippen LogP contribution in [0.4, 0.5) is 10.1 Å². The van der Waals surface area contributed by atoms with Crippen molar-refractivity contribution in [3.05, 3.63) is 59.7 Å². The predicted octanol–water partition coefficient (Wildman–Crippen LogP) is 3.28. The maximum absolute atomic E-state index is 13.3. The maximum Gasteiger partial charge on any atom is 0.141 e. The van der Waals surface area contributed by atoms with Crippen molar-refractivity contribution in [3.8, 4) is 0 Å². The summed E-state index contributed by atoms with van der Waals surface area (Å²) in [5, 5.41) is 3.39. The molecule has 1 unspecified atom stereocenters. The molecular formula is C17H20FN3. The molecule has 3 nitrogen and oxygen atoms in total. The summed E-state index contributed by atoms with van der Waals surface area (Å²) in [6, 6.07) is 10.4. The third kappa shape index (κ3) is 3.05. The second kappa shape index (κ2) is 6.22. The van der Waals surface area contributed by atoms with Crippen molar-refractivity contribution in [2.45, 2.75) is 25.4 Å². The van der Waals surface area contributed by atoms with Crippen LogP contribution < -0.4 is 10.2 Å². The van der Waals surface area contributed by atoms with E-state index in [-0.39, 0.29) is 5.82 Å². The Bertz CT molecular complexity index is 614. The van der Waals surface area contributed by atoms with E-state index in [1.807, 2.05) is 7.05 Å². The lowest BCUT2D eigenvalue weighted by Gasteiger charge is -2.25. The number of nitrogens with zero attached hydrogens (tertiary/aromatic N) is 2. The number of aromatic nitrogens is 1. The molecule has 1 aliphatic rings. The van der Waals surface area contributed by atoms with E-state index >= 15 is 0 Å². The summed E-state index contributed by atoms with van der Waals surface area (Å²) in [5.74, 6) is -0.274. The zero-order valence-electron chi connectivity index (χ0n) is 12.2. The van der Waals surface area contributed by atoms with Gasteiger partial charge < -0.3 is 10.2 Å². The van der Waals surface area contributed by atoms with Gasteiger partial charge in [0.1, 0.15) is 5.82 Å². The fourth-order valence-electron chi connectivity index (χ4n) is 3.06. The zero-order chi connectivity index (χ0) is 14.7. The topological polar surface area (TPSA) is 28.2 Å². The molecule has 1 aromatic carbocycles. The lowest BCUT2D eigenvalue weighted by Crippen LogP contribution is -2.24. The number of halogens is 1. The van der Waals surface area contributed by atoms with Gasteiger partial charge in [0, 0.05) is 31.0 Å². The van der Waals surface area contributed by atoms with Crippen LogP contribution in [0.25, 0.3) is 0 Å². The number of hydrogen-bond donors (Lipinski definition) is 1. The average Bonchev–Trinajstić information content (AvgIpc) is 2.67. The van der Waals surface area contributed by atoms with Crippen LogP contribution in [0.5, 0.6) is 0 Å². The maximum atomic E-state index is 13.3. The Kier molecular flexibility index (Phi) is 4.15. The molecule has 4 heteroatoms. The molecule has 2 aromatic rings. The second-order valence-corrected chi connectivity index (χ2v) is 5.48. The van der Waals surface area contributed by atoms with Gasteiger partial charge in [-0.15, -0.1) is 0 Å². The Hall–Kier alpha value is -1.94. The summed E-state index contributed by atoms with van der Waals surface area (Å²) < 4.78 is 13.3. The number of fused-ring (bicyclic) bond motifs is 1. The summed E-state index contributed by atoms with van der Waals surface area (Å²) in [7, 11) is 2.01. The van der Waals surface area contributed by atoms with Gasteiger partial charge in [0.2, 0.25) is 0 Å². The van der Waals surface area contributed by atoms with Crippen molar-refractivity contribution in [1.29, 1.82) is 0 Å². The van der Waals surface area contributed by atoms with Gasteiger partial charge >= 0.3 is 0 Å². The molecule has 0 bridgehead atoms. The van der Waals surface area contributed by atoms with Crippen molar-refractivity contribution in [1.82, 2.24) is 10.3 Å². The Morgan fingerprint density at radius 1 is 1.33 bits per heavy atom. The van der Waals surface area contributed by atoms with Crippen molar-refractivity contribution in [2.75, 3.05) is 18.5 Å². The van der Waals surface area contributed by atoms with E-state index in [0.717, 1.165) is 24.9 Å². The predicted molar refractivity (Wildman–Crippen MR) is 82.7 cm³/mol. The first-order chi connectivity index (χ1) is 10.3. The molecule has 0 spiro atoms. The minimum Gasteiger partial charge on any atom is -0.367 e. The van der Waals surface area contributed by atoms with Gasteiger partial charge in [-0.25, -0.2) is 4.39 Å². The molecule has 1 aromatic heterocycles. The Labute approximate surface area is 124 Å². The third-order valence-corrected chi connectivity index (χ3v) is 4.06. The first-order valence-electron chi connectivity index (χ1n) is 7.38. The molecule has 0 saturated carbocycles. The third-order valence-electron chi connectivity index (χ3n) is 4.06. The highest BCUT2D eigenvalue weighted by molar-refractivity contribution is 5.56. The standard InChI is InChI=1S/C17H20FN3/c1-19-16-6-4-8-21(17-7-3-2-5-15(16)17)12-13-9-14(18)11-20-10-13/h2-3,5,7,9-11,16,19H,4,6,8,12H2,1H3. The number of pyridine rings is 1. The quantitative estimate of drug-likeness (QED) is 0.938. The Balaban J connectivity index is 1.91. The highest BCUT2D eigenvalue weighted by atomic mass is 19.1. The van der Waals surface area contributed by atoms with Gasteiger partial charge in [0.25, 0.3) is 0 Å². The first-order valence-corrected chi connectivity index (χ1v) is 7.38. The molecule has 0 fully saturated rings. The zero-order valence-corrected chi connectivity index (χ0v) is 12.2. The summed E-state index contributed by atoms with van der Waals surface area (Å²) in [4.78, 5) is 6.27. The fraction of sp³-hybridized carbons (Fsp3) is 0.353. The smallest absolute Gasteiger partial charge is 0.141 e. The van der Waals surface area contributed by atoms with Crippen molar-refractivity contribution in [2.24, 2.45) is 0 Å². The highest BCUT2D eigenvalue weighted by Crippen LogP contribution is 2.33. The van der Waals surface area contributed by atoms with Gasteiger partial charge in [-0.2, -0.15) is 0 Å². The summed E-state index contributed by atoms with van der Waals surface area (Å²) in [6.07, 6.45) is 5.22.